The number of thiazole rings is 1. The summed E-state index contributed by atoms with van der Waals surface area (Å²) in [4.78, 5) is 19.2. The summed E-state index contributed by atoms with van der Waals surface area (Å²) in [6, 6.07) is 13.4. The summed E-state index contributed by atoms with van der Waals surface area (Å²) in [5.74, 6) is 0.816. The summed E-state index contributed by atoms with van der Waals surface area (Å²) < 4.78 is 12.4. The second-order valence-electron chi connectivity index (χ2n) is 6.74. The van der Waals surface area contributed by atoms with Gasteiger partial charge in [0.25, 0.3) is 11.1 Å². The van der Waals surface area contributed by atoms with Gasteiger partial charge in [0.05, 0.1) is 17.3 Å². The molecular formula is C21H22N2O3S. The molecule has 0 bridgehead atoms. The van der Waals surface area contributed by atoms with Crippen LogP contribution in [0.15, 0.2) is 42.5 Å². The highest BCUT2D eigenvalue weighted by Gasteiger charge is 2.25. The minimum absolute atomic E-state index is 0.0618. The maximum atomic E-state index is 12.7. The van der Waals surface area contributed by atoms with Gasteiger partial charge in [0.15, 0.2) is 0 Å². The van der Waals surface area contributed by atoms with Gasteiger partial charge >= 0.3 is 0 Å². The second-order valence-corrected chi connectivity index (χ2v) is 7.73. The van der Waals surface area contributed by atoms with Crippen molar-refractivity contribution in [3.05, 3.63) is 53.6 Å². The third-order valence-electron chi connectivity index (χ3n) is 4.93. The van der Waals surface area contributed by atoms with Crippen molar-refractivity contribution in [2.75, 3.05) is 20.2 Å². The number of hydrogen-bond acceptors (Lipinski definition) is 5. The first kappa shape index (κ1) is 17.8. The van der Waals surface area contributed by atoms with Crippen LogP contribution in [0.1, 0.15) is 28.8 Å². The molecule has 2 aromatic carbocycles. The summed E-state index contributed by atoms with van der Waals surface area (Å²) in [6.45, 7) is 3.45. The number of hydrogen-bond donors (Lipinski definition) is 0. The van der Waals surface area contributed by atoms with Crippen molar-refractivity contribution in [1.29, 1.82) is 0 Å². The van der Waals surface area contributed by atoms with Crippen LogP contribution in [0.4, 0.5) is 0 Å². The molecule has 0 N–H and O–H groups in total. The molecule has 1 fully saturated rings. The molecule has 4 rings (SSSR count). The van der Waals surface area contributed by atoms with E-state index in [1.165, 1.54) is 5.56 Å². The van der Waals surface area contributed by atoms with Gasteiger partial charge in [-0.1, -0.05) is 23.5 Å². The minimum Gasteiger partial charge on any atom is -0.497 e. The summed E-state index contributed by atoms with van der Waals surface area (Å²) >= 11 is 1.59. The Morgan fingerprint density at radius 1 is 1.15 bits per heavy atom. The van der Waals surface area contributed by atoms with Crippen LogP contribution in [0.2, 0.25) is 0 Å². The molecule has 1 aromatic heterocycles. The van der Waals surface area contributed by atoms with Crippen molar-refractivity contribution in [2.45, 2.75) is 25.9 Å². The normalized spacial score (nSPS) is 15.1. The van der Waals surface area contributed by atoms with Crippen molar-refractivity contribution in [2.24, 2.45) is 0 Å². The van der Waals surface area contributed by atoms with Crippen molar-refractivity contribution < 1.29 is 14.3 Å². The highest BCUT2D eigenvalue weighted by molar-refractivity contribution is 7.20. The standard InChI is InChI=1S/C21H22N2O3S/c1-14-4-3-5-18-19(14)22-21(27-18)26-17-10-12-23(13-11-17)20(24)15-6-8-16(25-2)9-7-15/h3-9,17H,10-13H2,1-2H3. The summed E-state index contributed by atoms with van der Waals surface area (Å²) in [5, 5.41) is 0.722. The van der Waals surface area contributed by atoms with Crippen LogP contribution < -0.4 is 9.47 Å². The van der Waals surface area contributed by atoms with Gasteiger partial charge < -0.3 is 14.4 Å². The van der Waals surface area contributed by atoms with Crippen LogP contribution in [-0.2, 0) is 0 Å². The number of benzene rings is 2. The molecule has 1 aliphatic heterocycles. The van der Waals surface area contributed by atoms with Gasteiger partial charge in [0.1, 0.15) is 11.9 Å². The lowest BCUT2D eigenvalue weighted by Crippen LogP contribution is -2.41. The van der Waals surface area contributed by atoms with Crippen LogP contribution in [0.5, 0.6) is 10.9 Å². The highest BCUT2D eigenvalue weighted by atomic mass is 32.1. The van der Waals surface area contributed by atoms with Crippen molar-refractivity contribution in [3.8, 4) is 10.9 Å². The smallest absolute Gasteiger partial charge is 0.274 e. The van der Waals surface area contributed by atoms with Crippen molar-refractivity contribution in [3.63, 3.8) is 0 Å². The van der Waals surface area contributed by atoms with E-state index in [-0.39, 0.29) is 12.0 Å². The van der Waals surface area contributed by atoms with Gasteiger partial charge in [-0.2, -0.15) is 0 Å². The molecule has 0 atom stereocenters. The van der Waals surface area contributed by atoms with E-state index in [9.17, 15) is 4.79 Å². The monoisotopic (exact) mass is 382 g/mol. The number of carbonyl (C=O) groups is 1. The van der Waals surface area contributed by atoms with Gasteiger partial charge in [0, 0.05) is 31.5 Å². The lowest BCUT2D eigenvalue weighted by Gasteiger charge is -2.31. The fraction of sp³-hybridized carbons (Fsp3) is 0.333. The van der Waals surface area contributed by atoms with Crippen LogP contribution >= 0.6 is 11.3 Å². The molecule has 0 aliphatic carbocycles. The molecule has 3 aromatic rings. The van der Waals surface area contributed by atoms with E-state index in [1.807, 2.05) is 35.2 Å². The first-order valence-corrected chi connectivity index (χ1v) is 9.92. The predicted molar refractivity (Wildman–Crippen MR) is 107 cm³/mol. The van der Waals surface area contributed by atoms with E-state index >= 15 is 0 Å². The largest absolute Gasteiger partial charge is 0.497 e. The van der Waals surface area contributed by atoms with Crippen molar-refractivity contribution >= 4 is 27.5 Å². The van der Waals surface area contributed by atoms with Crippen LogP contribution in [0.25, 0.3) is 10.2 Å². The molecule has 6 heteroatoms. The number of para-hydroxylation sites is 1. The molecule has 1 aliphatic rings. The number of fused-ring (bicyclic) bond motifs is 1. The maximum Gasteiger partial charge on any atom is 0.274 e. The molecule has 140 valence electrons. The number of ether oxygens (including phenoxy) is 2. The fourth-order valence-corrected chi connectivity index (χ4v) is 4.31. The topological polar surface area (TPSA) is 51.7 Å². The van der Waals surface area contributed by atoms with Gasteiger partial charge in [-0.05, 0) is 42.8 Å². The molecule has 0 spiro atoms. The van der Waals surface area contributed by atoms with E-state index in [1.54, 1.807) is 18.4 Å². The van der Waals surface area contributed by atoms with Gasteiger partial charge in [0.2, 0.25) is 0 Å². The number of piperidine rings is 1. The van der Waals surface area contributed by atoms with E-state index < -0.39 is 0 Å². The third-order valence-corrected chi connectivity index (χ3v) is 5.85. The molecule has 0 radical (unpaired) electrons. The number of amides is 1. The third kappa shape index (κ3) is 3.76. The molecule has 0 saturated carbocycles. The van der Waals surface area contributed by atoms with E-state index in [4.69, 9.17) is 9.47 Å². The first-order chi connectivity index (χ1) is 13.1. The minimum atomic E-state index is 0.0618. The second kappa shape index (κ2) is 7.56. The number of methoxy groups -OCH3 is 1. The molecule has 0 unspecified atom stereocenters. The summed E-state index contributed by atoms with van der Waals surface area (Å²) in [6.07, 6.45) is 1.74. The average Bonchev–Trinajstić information content (AvgIpc) is 3.12. The Hall–Kier alpha value is -2.60. The SMILES string of the molecule is COc1ccc(C(=O)N2CCC(Oc3nc4c(C)cccc4s3)CC2)cc1. The average molecular weight is 382 g/mol. The molecule has 5 nitrogen and oxygen atoms in total. The number of aryl methyl sites for hydroxylation is 1. The molecule has 2 heterocycles. The Bertz CT molecular complexity index is 944. The molecule has 1 amide bonds. The van der Waals surface area contributed by atoms with Crippen molar-refractivity contribution in [1.82, 2.24) is 9.88 Å². The van der Waals surface area contributed by atoms with Crippen LogP contribution in [0, 0.1) is 6.92 Å². The van der Waals surface area contributed by atoms with E-state index in [0.717, 1.165) is 34.0 Å². The Morgan fingerprint density at radius 3 is 2.56 bits per heavy atom. The quantitative estimate of drug-likeness (QED) is 0.675. The zero-order valence-corrected chi connectivity index (χ0v) is 16.3. The fourth-order valence-electron chi connectivity index (χ4n) is 3.35. The highest BCUT2D eigenvalue weighted by Crippen LogP contribution is 2.31. The van der Waals surface area contributed by atoms with E-state index in [0.29, 0.717) is 18.7 Å². The summed E-state index contributed by atoms with van der Waals surface area (Å²) in [5.41, 5.74) is 2.87. The number of nitrogens with zero attached hydrogens (tertiary/aromatic N) is 2. The zero-order valence-electron chi connectivity index (χ0n) is 15.5. The number of aromatic nitrogens is 1. The lowest BCUT2D eigenvalue weighted by atomic mass is 10.1. The summed E-state index contributed by atoms with van der Waals surface area (Å²) in [7, 11) is 1.62. The number of carbonyl (C=O) groups excluding carboxylic acids is 1. The Balaban J connectivity index is 1.36. The maximum absolute atomic E-state index is 12.7. The van der Waals surface area contributed by atoms with Gasteiger partial charge in [-0.15, -0.1) is 0 Å². The Labute approximate surface area is 162 Å². The van der Waals surface area contributed by atoms with Crippen LogP contribution in [0.3, 0.4) is 0 Å². The first-order valence-electron chi connectivity index (χ1n) is 9.10. The molecule has 1 saturated heterocycles. The molecular weight excluding hydrogens is 360 g/mol. The van der Waals surface area contributed by atoms with Gasteiger partial charge in [-0.3, -0.25) is 4.79 Å². The van der Waals surface area contributed by atoms with Crippen LogP contribution in [-0.4, -0.2) is 42.1 Å². The lowest BCUT2D eigenvalue weighted by molar-refractivity contribution is 0.0595. The zero-order chi connectivity index (χ0) is 18.8. The Kier molecular flexibility index (Phi) is 4.99. The number of likely N-dealkylation sites (tertiary alicyclic amines) is 1. The number of rotatable bonds is 4. The Morgan fingerprint density at radius 2 is 1.89 bits per heavy atom. The van der Waals surface area contributed by atoms with Gasteiger partial charge in [-0.25, -0.2) is 4.98 Å². The predicted octanol–water partition coefficient (Wildman–Crippen LogP) is 4.30. The van der Waals surface area contributed by atoms with E-state index in [2.05, 4.69) is 24.0 Å². The molecule has 27 heavy (non-hydrogen) atoms.